The molecular weight excluding hydrogens is 396 g/mol. The highest BCUT2D eigenvalue weighted by Crippen LogP contribution is 2.38. The lowest BCUT2D eigenvalue weighted by Crippen LogP contribution is -2.13. The molecule has 4 rings (SSSR count). The molecule has 2 fully saturated rings. The molecule has 0 aliphatic heterocycles. The van der Waals surface area contributed by atoms with Crippen LogP contribution in [0.25, 0.3) is 0 Å². The fourth-order valence-electron chi connectivity index (χ4n) is 5.73. The summed E-state index contributed by atoms with van der Waals surface area (Å²) in [5.41, 5.74) is 5.84. The number of aryl methyl sites for hydroxylation is 2. The van der Waals surface area contributed by atoms with Gasteiger partial charge in [-0.2, -0.15) is 0 Å². The molecule has 2 aliphatic rings. The molecule has 0 radical (unpaired) electrons. The number of hydrogen-bond acceptors (Lipinski definition) is 0. The molecular formula is C33H46. The summed E-state index contributed by atoms with van der Waals surface area (Å²) in [5, 5.41) is 0. The molecule has 0 saturated heterocycles. The minimum absolute atomic E-state index is 0.808. The Morgan fingerprint density at radius 1 is 0.697 bits per heavy atom. The first-order chi connectivity index (χ1) is 16.1. The fourth-order valence-corrected chi connectivity index (χ4v) is 5.73. The van der Waals surface area contributed by atoms with Crippen LogP contribution in [-0.2, 0) is 0 Å². The van der Waals surface area contributed by atoms with E-state index in [4.69, 9.17) is 0 Å². The topological polar surface area (TPSA) is 0 Å². The number of rotatable bonds is 6. The van der Waals surface area contributed by atoms with Crippen molar-refractivity contribution in [2.75, 3.05) is 0 Å². The number of allylic oxidation sites excluding steroid dienone is 3. The lowest BCUT2D eigenvalue weighted by Gasteiger charge is -2.28. The van der Waals surface area contributed by atoms with Crippen LogP contribution < -0.4 is 0 Å². The largest absolute Gasteiger partial charge is 0.103 e. The van der Waals surface area contributed by atoms with Gasteiger partial charge in [-0.1, -0.05) is 77.9 Å². The summed E-state index contributed by atoms with van der Waals surface area (Å²) in [7, 11) is 0. The molecule has 0 unspecified atom stereocenters. The Labute approximate surface area is 204 Å². The molecule has 2 aliphatic carbocycles. The minimum Gasteiger partial charge on any atom is -0.103 e. The highest BCUT2D eigenvalue weighted by Gasteiger charge is 2.22. The zero-order valence-electron chi connectivity index (χ0n) is 21.4. The molecule has 0 N–H and O–H groups in total. The van der Waals surface area contributed by atoms with E-state index in [1.807, 2.05) is 0 Å². The van der Waals surface area contributed by atoms with Crippen LogP contribution in [0.15, 0.2) is 73.3 Å². The number of hydrogen-bond donors (Lipinski definition) is 0. The Bertz CT molecular complexity index is 823. The van der Waals surface area contributed by atoms with Crippen LogP contribution in [0.5, 0.6) is 0 Å². The van der Waals surface area contributed by atoms with Crippen molar-refractivity contribution < 1.29 is 0 Å². The maximum absolute atomic E-state index is 3.82. The Kier molecular flexibility index (Phi) is 10.5. The van der Waals surface area contributed by atoms with E-state index >= 15 is 0 Å². The van der Waals surface area contributed by atoms with Gasteiger partial charge in [-0.25, -0.2) is 0 Å². The van der Waals surface area contributed by atoms with Gasteiger partial charge in [-0.15, -0.1) is 6.58 Å². The van der Waals surface area contributed by atoms with E-state index in [0.29, 0.717) is 0 Å². The molecule has 0 amide bonds. The molecule has 0 nitrogen and oxygen atoms in total. The van der Waals surface area contributed by atoms with Crippen LogP contribution in [0.2, 0.25) is 0 Å². The predicted molar refractivity (Wildman–Crippen MR) is 146 cm³/mol. The molecule has 0 bridgehead atoms. The van der Waals surface area contributed by atoms with E-state index in [0.717, 1.165) is 23.7 Å². The Morgan fingerprint density at radius 3 is 1.58 bits per heavy atom. The molecule has 0 aromatic heterocycles. The van der Waals surface area contributed by atoms with Crippen LogP contribution in [0.4, 0.5) is 0 Å². The first kappa shape index (κ1) is 25.5. The lowest BCUT2D eigenvalue weighted by atomic mass is 9.77. The molecule has 2 saturated carbocycles. The third-order valence-corrected chi connectivity index (χ3v) is 7.96. The van der Waals surface area contributed by atoms with Gasteiger partial charge in [0.05, 0.1) is 0 Å². The van der Waals surface area contributed by atoms with Crippen molar-refractivity contribution >= 4 is 0 Å². The normalized spacial score (nSPS) is 25.3. The summed E-state index contributed by atoms with van der Waals surface area (Å²) >= 11 is 0. The van der Waals surface area contributed by atoms with Gasteiger partial charge in [0.1, 0.15) is 0 Å². The molecule has 2 aromatic rings. The Morgan fingerprint density at radius 2 is 1.15 bits per heavy atom. The van der Waals surface area contributed by atoms with E-state index in [-0.39, 0.29) is 0 Å². The predicted octanol–water partition coefficient (Wildman–Crippen LogP) is 10.1. The monoisotopic (exact) mass is 442 g/mol. The summed E-state index contributed by atoms with van der Waals surface area (Å²) < 4.78 is 0. The second kappa shape index (κ2) is 13.6. The van der Waals surface area contributed by atoms with E-state index in [9.17, 15) is 0 Å². The third kappa shape index (κ3) is 8.33. The van der Waals surface area contributed by atoms with Gasteiger partial charge >= 0.3 is 0 Å². The van der Waals surface area contributed by atoms with Gasteiger partial charge in [0.25, 0.3) is 0 Å². The molecule has 0 spiro atoms. The van der Waals surface area contributed by atoms with Crippen LogP contribution >= 0.6 is 0 Å². The summed E-state index contributed by atoms with van der Waals surface area (Å²) in [6.45, 7) is 10.3. The maximum atomic E-state index is 3.82. The van der Waals surface area contributed by atoms with Crippen molar-refractivity contribution in [1.82, 2.24) is 0 Å². The van der Waals surface area contributed by atoms with E-state index in [2.05, 4.69) is 94.1 Å². The van der Waals surface area contributed by atoms with Crippen LogP contribution in [-0.4, -0.2) is 0 Å². The van der Waals surface area contributed by atoms with Crippen molar-refractivity contribution in [1.29, 1.82) is 0 Å². The van der Waals surface area contributed by atoms with Crippen molar-refractivity contribution in [3.63, 3.8) is 0 Å². The highest BCUT2D eigenvalue weighted by atomic mass is 14.3. The van der Waals surface area contributed by atoms with Gasteiger partial charge < -0.3 is 0 Å². The second-order valence-electron chi connectivity index (χ2n) is 10.5. The van der Waals surface area contributed by atoms with Crippen molar-refractivity contribution in [3.05, 3.63) is 95.6 Å². The first-order valence-electron chi connectivity index (χ1n) is 13.5. The summed E-state index contributed by atoms with van der Waals surface area (Å²) in [4.78, 5) is 0. The summed E-state index contributed by atoms with van der Waals surface area (Å²) in [6.07, 6.45) is 20.2. The van der Waals surface area contributed by atoms with E-state index in [1.54, 1.807) is 11.1 Å². The van der Waals surface area contributed by atoms with Crippen molar-refractivity contribution in [2.24, 2.45) is 11.8 Å². The van der Waals surface area contributed by atoms with Gasteiger partial charge in [-0.3, -0.25) is 0 Å². The number of benzene rings is 2. The Hall–Kier alpha value is -2.08. The average Bonchev–Trinajstić information content (AvgIpc) is 2.85. The standard InChI is InChI=1S/C17H24.C16H22/c1-3-4-5-15-8-12-17(13-9-15)16-10-6-14(2)7-11-16;1-3-4-14-7-11-16(12-8-14)15-9-5-13(2)6-10-15/h3,6-7,10-11,15,17H,1,4-5,8-9,12-13H2,2H3;3-6,9-10,14,16H,7-8,11-12H2,1-2H3/b;4-3+. The zero-order chi connectivity index (χ0) is 23.5. The van der Waals surface area contributed by atoms with Crippen LogP contribution in [0, 0.1) is 25.7 Å². The highest BCUT2D eigenvalue weighted by molar-refractivity contribution is 5.25. The summed E-state index contributed by atoms with van der Waals surface area (Å²) in [6, 6.07) is 18.3. The van der Waals surface area contributed by atoms with Crippen LogP contribution in [0.3, 0.4) is 0 Å². The minimum atomic E-state index is 0.808. The average molecular weight is 443 g/mol. The first-order valence-corrected chi connectivity index (χ1v) is 13.5. The van der Waals surface area contributed by atoms with Gasteiger partial charge in [-0.05, 0) is 120 Å². The zero-order valence-corrected chi connectivity index (χ0v) is 21.4. The van der Waals surface area contributed by atoms with Gasteiger partial charge in [0, 0.05) is 0 Å². The van der Waals surface area contributed by atoms with Gasteiger partial charge in [0.15, 0.2) is 0 Å². The quantitative estimate of drug-likeness (QED) is 0.390. The van der Waals surface area contributed by atoms with Crippen molar-refractivity contribution in [2.45, 2.75) is 96.8 Å². The Balaban J connectivity index is 0.000000186. The second-order valence-corrected chi connectivity index (χ2v) is 10.5. The molecule has 33 heavy (non-hydrogen) atoms. The molecule has 0 heterocycles. The molecule has 0 heteroatoms. The van der Waals surface area contributed by atoms with Crippen molar-refractivity contribution in [3.8, 4) is 0 Å². The lowest BCUT2D eigenvalue weighted by molar-refractivity contribution is 0.312. The maximum Gasteiger partial charge on any atom is -0.0162 e. The van der Waals surface area contributed by atoms with E-state index in [1.165, 1.54) is 75.3 Å². The summed E-state index contributed by atoms with van der Waals surface area (Å²) in [5.74, 6) is 3.42. The fraction of sp³-hybridized carbons (Fsp3) is 0.515. The van der Waals surface area contributed by atoms with Crippen LogP contribution in [0.1, 0.15) is 105 Å². The van der Waals surface area contributed by atoms with Gasteiger partial charge in [0.2, 0.25) is 0 Å². The third-order valence-electron chi connectivity index (χ3n) is 7.96. The van der Waals surface area contributed by atoms with E-state index < -0.39 is 0 Å². The molecule has 178 valence electrons. The molecule has 2 aromatic carbocycles. The SMILES string of the molecule is C/C=C/C1CCC(c2ccc(C)cc2)CC1.C=CCCC1CCC(c2ccc(C)cc2)CC1. The molecule has 0 atom stereocenters. The smallest absolute Gasteiger partial charge is 0.0162 e.